The van der Waals surface area contributed by atoms with Gasteiger partial charge in [0.05, 0.1) is 3.79 Å². The molecule has 0 aliphatic heterocycles. The summed E-state index contributed by atoms with van der Waals surface area (Å²) in [5.74, 6) is 1.27. The van der Waals surface area contributed by atoms with Crippen LogP contribution in [0.2, 0.25) is 0 Å². The van der Waals surface area contributed by atoms with Gasteiger partial charge in [0.25, 0.3) is 0 Å². The van der Waals surface area contributed by atoms with Crippen molar-refractivity contribution in [2.45, 2.75) is 18.4 Å². The van der Waals surface area contributed by atoms with Gasteiger partial charge >= 0.3 is 0 Å². The second kappa shape index (κ2) is 4.56. The number of hydrogen-bond donors (Lipinski definition) is 1. The Morgan fingerprint density at radius 1 is 1.29 bits per heavy atom. The molecule has 3 unspecified atom stereocenters. The molecule has 3 rings (SSSR count). The molecule has 2 aromatic rings. The molecule has 1 heterocycles. The van der Waals surface area contributed by atoms with E-state index in [0.29, 0.717) is 11.8 Å². The van der Waals surface area contributed by atoms with Gasteiger partial charge in [-0.3, -0.25) is 0 Å². The predicted molar refractivity (Wildman–Crippen MR) is 76.2 cm³/mol. The fourth-order valence-electron chi connectivity index (χ4n) is 2.44. The molecule has 0 saturated heterocycles. The summed E-state index contributed by atoms with van der Waals surface area (Å²) in [7, 11) is 0. The molecule has 1 aromatic carbocycles. The molecule has 1 fully saturated rings. The van der Waals surface area contributed by atoms with Gasteiger partial charge in [0.1, 0.15) is 0 Å². The lowest BCUT2D eigenvalue weighted by molar-refractivity contribution is 0.617. The van der Waals surface area contributed by atoms with Gasteiger partial charge < -0.3 is 5.73 Å². The van der Waals surface area contributed by atoms with Gasteiger partial charge in [-0.15, -0.1) is 11.3 Å². The molecule has 0 spiro atoms. The summed E-state index contributed by atoms with van der Waals surface area (Å²) in [5.41, 5.74) is 9.03. The maximum absolute atomic E-state index is 6.33. The van der Waals surface area contributed by atoms with Crippen LogP contribution < -0.4 is 5.73 Å². The van der Waals surface area contributed by atoms with Crippen molar-refractivity contribution in [1.29, 1.82) is 0 Å². The zero-order valence-electron chi connectivity index (χ0n) is 9.34. The number of hydrogen-bond acceptors (Lipinski definition) is 2. The fourth-order valence-corrected chi connectivity index (χ4v) is 3.66. The first-order valence-corrected chi connectivity index (χ1v) is 7.47. The van der Waals surface area contributed by atoms with E-state index in [-0.39, 0.29) is 6.04 Å². The molecular weight excluding hydrogens is 294 g/mol. The van der Waals surface area contributed by atoms with Gasteiger partial charge in [-0.05, 0) is 56.8 Å². The Bertz CT molecular complexity index is 508. The Labute approximate surface area is 114 Å². The normalized spacial score (nSPS) is 24.6. The lowest BCUT2D eigenvalue weighted by Gasteiger charge is -2.09. The van der Waals surface area contributed by atoms with E-state index in [4.69, 9.17) is 5.73 Å². The third kappa shape index (κ3) is 2.32. The van der Waals surface area contributed by atoms with Gasteiger partial charge in [-0.1, -0.05) is 30.3 Å². The number of benzene rings is 1. The van der Waals surface area contributed by atoms with Crippen molar-refractivity contribution in [1.82, 2.24) is 0 Å². The van der Waals surface area contributed by atoms with E-state index in [1.54, 1.807) is 11.3 Å². The summed E-state index contributed by atoms with van der Waals surface area (Å²) in [5, 5.41) is 2.16. The molecule has 1 nitrogen and oxygen atoms in total. The van der Waals surface area contributed by atoms with Crippen LogP contribution >= 0.6 is 27.3 Å². The predicted octanol–water partition coefficient (Wildman–Crippen LogP) is 4.31. The Kier molecular flexibility index (Phi) is 3.07. The highest BCUT2D eigenvalue weighted by Gasteiger charge is 2.42. The Hall–Kier alpha value is -0.640. The monoisotopic (exact) mass is 307 g/mol. The molecule has 88 valence electrons. The highest BCUT2D eigenvalue weighted by Crippen LogP contribution is 2.53. The molecule has 2 N–H and O–H groups in total. The van der Waals surface area contributed by atoms with Crippen LogP contribution in [0, 0.1) is 5.92 Å². The molecule has 1 aliphatic rings. The number of thiophene rings is 1. The quantitative estimate of drug-likeness (QED) is 0.898. The lowest BCUT2D eigenvalue weighted by Crippen LogP contribution is -2.12. The van der Waals surface area contributed by atoms with Gasteiger partial charge in [0, 0.05) is 6.04 Å². The molecule has 0 amide bonds. The fraction of sp³-hybridized carbons (Fsp3) is 0.286. The maximum Gasteiger partial charge on any atom is 0.0701 e. The van der Waals surface area contributed by atoms with Crippen molar-refractivity contribution >= 4 is 27.3 Å². The number of nitrogens with two attached hydrogens (primary N) is 1. The zero-order valence-corrected chi connectivity index (χ0v) is 11.7. The molecule has 1 saturated carbocycles. The van der Waals surface area contributed by atoms with Crippen LogP contribution in [-0.2, 0) is 0 Å². The first kappa shape index (κ1) is 11.5. The van der Waals surface area contributed by atoms with E-state index in [2.05, 4.69) is 57.7 Å². The molecule has 0 radical (unpaired) electrons. The van der Waals surface area contributed by atoms with E-state index in [1.165, 1.54) is 21.3 Å². The van der Waals surface area contributed by atoms with E-state index >= 15 is 0 Å². The summed E-state index contributed by atoms with van der Waals surface area (Å²) in [6.07, 6.45) is 1.22. The Morgan fingerprint density at radius 3 is 2.71 bits per heavy atom. The summed E-state index contributed by atoms with van der Waals surface area (Å²) < 4.78 is 1.17. The first-order chi connectivity index (χ1) is 8.25. The van der Waals surface area contributed by atoms with Crippen molar-refractivity contribution in [2.24, 2.45) is 11.7 Å². The van der Waals surface area contributed by atoms with Crippen molar-refractivity contribution in [2.75, 3.05) is 0 Å². The smallest absolute Gasteiger partial charge is 0.0701 e. The highest BCUT2D eigenvalue weighted by atomic mass is 79.9. The van der Waals surface area contributed by atoms with Gasteiger partial charge in [0.15, 0.2) is 0 Å². The van der Waals surface area contributed by atoms with Crippen molar-refractivity contribution in [3.63, 3.8) is 0 Å². The summed E-state index contributed by atoms with van der Waals surface area (Å²) >= 11 is 5.20. The summed E-state index contributed by atoms with van der Waals surface area (Å²) in [4.78, 5) is 0. The summed E-state index contributed by atoms with van der Waals surface area (Å²) in [6.45, 7) is 0. The molecule has 0 bridgehead atoms. The molecule has 3 heteroatoms. The van der Waals surface area contributed by atoms with E-state index in [0.717, 1.165) is 0 Å². The van der Waals surface area contributed by atoms with Gasteiger partial charge in [0.2, 0.25) is 0 Å². The van der Waals surface area contributed by atoms with Crippen LogP contribution in [0.3, 0.4) is 0 Å². The minimum atomic E-state index is 0.183. The van der Waals surface area contributed by atoms with Crippen LogP contribution in [0.25, 0.3) is 0 Å². The Balaban J connectivity index is 1.73. The SMILES string of the molecule is NC(c1csc(Br)c1)C1CC1c1ccccc1. The number of halogens is 1. The molecule has 3 atom stereocenters. The van der Waals surface area contributed by atoms with E-state index in [9.17, 15) is 0 Å². The largest absolute Gasteiger partial charge is 0.324 e. The molecular formula is C14H14BrNS. The average molecular weight is 308 g/mol. The summed E-state index contributed by atoms with van der Waals surface area (Å²) in [6, 6.07) is 13.0. The van der Waals surface area contributed by atoms with Crippen molar-refractivity contribution in [3.8, 4) is 0 Å². The minimum absolute atomic E-state index is 0.183. The zero-order chi connectivity index (χ0) is 11.8. The molecule has 1 aliphatic carbocycles. The Morgan fingerprint density at radius 2 is 2.06 bits per heavy atom. The van der Waals surface area contributed by atoms with E-state index in [1.807, 2.05) is 0 Å². The third-order valence-corrected chi connectivity index (χ3v) is 5.02. The second-order valence-electron chi connectivity index (χ2n) is 4.63. The average Bonchev–Trinajstić information content (AvgIpc) is 3.05. The van der Waals surface area contributed by atoms with Crippen LogP contribution in [0.4, 0.5) is 0 Å². The number of rotatable bonds is 3. The highest BCUT2D eigenvalue weighted by molar-refractivity contribution is 9.11. The molecule has 1 aromatic heterocycles. The van der Waals surface area contributed by atoms with Crippen LogP contribution in [-0.4, -0.2) is 0 Å². The van der Waals surface area contributed by atoms with Gasteiger partial charge in [-0.2, -0.15) is 0 Å². The van der Waals surface area contributed by atoms with Crippen LogP contribution in [0.15, 0.2) is 45.6 Å². The standard InChI is InChI=1S/C14H14BrNS/c15-13-6-10(8-17-13)14(16)12-7-11(12)9-4-2-1-3-5-9/h1-6,8,11-12,14H,7,16H2. The first-order valence-electron chi connectivity index (χ1n) is 5.80. The topological polar surface area (TPSA) is 26.0 Å². The molecule has 17 heavy (non-hydrogen) atoms. The second-order valence-corrected chi connectivity index (χ2v) is 6.92. The van der Waals surface area contributed by atoms with Crippen LogP contribution in [0.5, 0.6) is 0 Å². The van der Waals surface area contributed by atoms with Crippen LogP contribution in [0.1, 0.15) is 29.5 Å². The van der Waals surface area contributed by atoms with Gasteiger partial charge in [-0.25, -0.2) is 0 Å². The van der Waals surface area contributed by atoms with Crippen molar-refractivity contribution < 1.29 is 0 Å². The minimum Gasteiger partial charge on any atom is -0.324 e. The maximum atomic E-state index is 6.33. The van der Waals surface area contributed by atoms with E-state index < -0.39 is 0 Å². The third-order valence-electron chi connectivity index (χ3n) is 3.50. The lowest BCUT2D eigenvalue weighted by atomic mass is 10.0. The van der Waals surface area contributed by atoms with Crippen molar-refractivity contribution in [3.05, 3.63) is 56.7 Å².